The highest BCUT2D eigenvalue weighted by Gasteiger charge is 2.16. The van der Waals surface area contributed by atoms with E-state index in [9.17, 15) is 0 Å². The smallest absolute Gasteiger partial charge is 0.134 e. The Hall–Kier alpha value is -3.78. The fraction of sp³-hybridized carbons (Fsp3) is 0. The largest absolute Gasteiger partial charge is 0.464 e. The molecule has 0 fully saturated rings. The van der Waals surface area contributed by atoms with E-state index in [1.807, 2.05) is 24.3 Å². The minimum absolute atomic E-state index is 0.883. The molecule has 0 aliphatic rings. The Morgan fingerprint density at radius 1 is 0.500 bits per heavy atom. The van der Waals surface area contributed by atoms with Crippen molar-refractivity contribution in [1.29, 1.82) is 0 Å². The van der Waals surface area contributed by atoms with Crippen molar-refractivity contribution >= 4 is 27.8 Å². The minimum atomic E-state index is 0.883. The van der Waals surface area contributed by atoms with Crippen molar-refractivity contribution in [2.45, 2.75) is 0 Å². The Morgan fingerprint density at radius 3 is 1.79 bits per heavy atom. The van der Waals surface area contributed by atoms with Crippen LogP contribution in [0.4, 0.5) is 17.1 Å². The predicted octanol–water partition coefficient (Wildman–Crippen LogP) is 7.57. The summed E-state index contributed by atoms with van der Waals surface area (Å²) in [5, 5.41) is 2.36. The number of para-hydroxylation sites is 2. The molecule has 0 radical (unpaired) electrons. The first-order valence-electron chi connectivity index (χ1n) is 9.38. The van der Waals surface area contributed by atoms with Gasteiger partial charge in [-0.3, -0.25) is 0 Å². The third-order valence-corrected chi connectivity index (χ3v) is 4.96. The molecule has 0 aliphatic carbocycles. The molecule has 0 saturated carbocycles. The van der Waals surface area contributed by atoms with Crippen LogP contribution < -0.4 is 4.90 Å². The standard InChI is InChI=1S/C26H19NO/c1-3-10-20(11-4-1)27(21-12-5-2-6-13-21)25-17-8-14-22-23(25)15-7-16-24(22)26-18-9-19-28-26/h1-19H. The predicted molar refractivity (Wildman–Crippen MR) is 116 cm³/mol. The zero-order chi connectivity index (χ0) is 18.8. The van der Waals surface area contributed by atoms with E-state index in [1.54, 1.807) is 6.26 Å². The van der Waals surface area contributed by atoms with Crippen LogP contribution >= 0.6 is 0 Å². The van der Waals surface area contributed by atoms with Crippen molar-refractivity contribution in [1.82, 2.24) is 0 Å². The SMILES string of the molecule is c1ccc(N(c2ccccc2)c2cccc3c(-c4ccco4)cccc23)cc1. The molecule has 0 amide bonds. The number of furan rings is 1. The first kappa shape index (κ1) is 16.4. The topological polar surface area (TPSA) is 16.4 Å². The molecule has 5 aromatic rings. The molecule has 134 valence electrons. The molecular weight excluding hydrogens is 342 g/mol. The van der Waals surface area contributed by atoms with Crippen LogP contribution in [0.3, 0.4) is 0 Å². The summed E-state index contributed by atoms with van der Waals surface area (Å²) in [7, 11) is 0. The Morgan fingerprint density at radius 2 is 1.14 bits per heavy atom. The molecule has 0 unspecified atom stereocenters. The number of nitrogens with zero attached hydrogens (tertiary/aromatic N) is 1. The van der Waals surface area contributed by atoms with E-state index in [4.69, 9.17) is 4.42 Å². The van der Waals surface area contributed by atoms with E-state index in [2.05, 4.69) is 89.8 Å². The zero-order valence-electron chi connectivity index (χ0n) is 15.3. The maximum atomic E-state index is 5.68. The molecular formula is C26H19NO. The van der Waals surface area contributed by atoms with Gasteiger partial charge in [-0.2, -0.15) is 0 Å². The van der Waals surface area contributed by atoms with Gasteiger partial charge in [0.25, 0.3) is 0 Å². The molecule has 0 atom stereocenters. The van der Waals surface area contributed by atoms with E-state index in [0.717, 1.165) is 28.4 Å². The van der Waals surface area contributed by atoms with Crippen molar-refractivity contribution in [3.05, 3.63) is 115 Å². The Bertz CT molecular complexity index is 1160. The van der Waals surface area contributed by atoms with Crippen LogP contribution in [0.1, 0.15) is 0 Å². The van der Waals surface area contributed by atoms with Crippen molar-refractivity contribution < 1.29 is 4.42 Å². The molecule has 1 aromatic heterocycles. The molecule has 0 spiro atoms. The van der Waals surface area contributed by atoms with Gasteiger partial charge in [-0.05, 0) is 47.9 Å². The third-order valence-electron chi connectivity index (χ3n) is 4.96. The summed E-state index contributed by atoms with van der Waals surface area (Å²) in [6.07, 6.45) is 1.72. The fourth-order valence-corrected chi connectivity index (χ4v) is 3.72. The maximum absolute atomic E-state index is 5.68. The lowest BCUT2D eigenvalue weighted by Gasteiger charge is -2.27. The third kappa shape index (κ3) is 2.85. The van der Waals surface area contributed by atoms with E-state index >= 15 is 0 Å². The van der Waals surface area contributed by atoms with Gasteiger partial charge in [0.2, 0.25) is 0 Å². The monoisotopic (exact) mass is 361 g/mol. The number of benzene rings is 4. The van der Waals surface area contributed by atoms with Crippen molar-refractivity contribution in [3.63, 3.8) is 0 Å². The second-order valence-electron chi connectivity index (χ2n) is 6.66. The summed E-state index contributed by atoms with van der Waals surface area (Å²) in [4.78, 5) is 2.30. The Labute approximate surface area is 164 Å². The van der Waals surface area contributed by atoms with Gasteiger partial charge in [-0.1, -0.05) is 66.7 Å². The number of rotatable bonds is 4. The molecule has 0 N–H and O–H groups in total. The van der Waals surface area contributed by atoms with Crippen LogP contribution in [0.5, 0.6) is 0 Å². The molecule has 1 heterocycles. The van der Waals surface area contributed by atoms with Gasteiger partial charge in [0.15, 0.2) is 0 Å². The lowest BCUT2D eigenvalue weighted by Crippen LogP contribution is -2.10. The lowest BCUT2D eigenvalue weighted by molar-refractivity contribution is 0.583. The quantitative estimate of drug-likeness (QED) is 0.328. The van der Waals surface area contributed by atoms with Gasteiger partial charge in [-0.25, -0.2) is 0 Å². The summed E-state index contributed by atoms with van der Waals surface area (Å²) in [6, 6.07) is 37.7. The van der Waals surface area contributed by atoms with E-state index in [1.165, 1.54) is 10.8 Å². The zero-order valence-corrected chi connectivity index (χ0v) is 15.3. The second-order valence-corrected chi connectivity index (χ2v) is 6.66. The molecule has 2 heteroatoms. The molecule has 4 aromatic carbocycles. The van der Waals surface area contributed by atoms with E-state index in [0.29, 0.717) is 0 Å². The van der Waals surface area contributed by atoms with Crippen LogP contribution in [-0.2, 0) is 0 Å². The second kappa shape index (κ2) is 7.09. The van der Waals surface area contributed by atoms with Gasteiger partial charge in [0, 0.05) is 22.3 Å². The molecule has 0 saturated heterocycles. The van der Waals surface area contributed by atoms with Gasteiger partial charge < -0.3 is 9.32 Å². The van der Waals surface area contributed by atoms with Crippen LogP contribution in [-0.4, -0.2) is 0 Å². The average molecular weight is 361 g/mol. The summed E-state index contributed by atoms with van der Waals surface area (Å²) in [5.74, 6) is 0.883. The highest BCUT2D eigenvalue weighted by molar-refractivity contribution is 6.05. The summed E-state index contributed by atoms with van der Waals surface area (Å²) >= 11 is 0. The van der Waals surface area contributed by atoms with E-state index < -0.39 is 0 Å². The first-order chi connectivity index (χ1) is 13.9. The summed E-state index contributed by atoms with van der Waals surface area (Å²) in [6.45, 7) is 0. The highest BCUT2D eigenvalue weighted by Crippen LogP contribution is 2.40. The lowest BCUT2D eigenvalue weighted by atomic mass is 10.0. The summed E-state index contributed by atoms with van der Waals surface area (Å²) < 4.78 is 5.68. The van der Waals surface area contributed by atoms with Crippen LogP contribution in [0.2, 0.25) is 0 Å². The average Bonchev–Trinajstić information content (AvgIpc) is 3.30. The van der Waals surface area contributed by atoms with E-state index in [-0.39, 0.29) is 0 Å². The molecule has 28 heavy (non-hydrogen) atoms. The number of hydrogen-bond donors (Lipinski definition) is 0. The minimum Gasteiger partial charge on any atom is -0.464 e. The summed E-state index contributed by atoms with van der Waals surface area (Å²) in [5.41, 5.74) is 4.50. The van der Waals surface area contributed by atoms with Crippen LogP contribution in [0, 0.1) is 0 Å². The van der Waals surface area contributed by atoms with Crippen LogP contribution in [0.15, 0.2) is 120 Å². The number of fused-ring (bicyclic) bond motifs is 1. The van der Waals surface area contributed by atoms with Crippen molar-refractivity contribution in [2.24, 2.45) is 0 Å². The van der Waals surface area contributed by atoms with Crippen LogP contribution in [0.25, 0.3) is 22.1 Å². The number of hydrogen-bond acceptors (Lipinski definition) is 2. The molecule has 2 nitrogen and oxygen atoms in total. The van der Waals surface area contributed by atoms with Gasteiger partial charge in [0.1, 0.15) is 5.76 Å². The maximum Gasteiger partial charge on any atom is 0.134 e. The first-order valence-corrected chi connectivity index (χ1v) is 9.38. The molecule has 0 bridgehead atoms. The number of anilines is 3. The highest BCUT2D eigenvalue weighted by atomic mass is 16.3. The Balaban J connectivity index is 1.77. The molecule has 0 aliphatic heterocycles. The van der Waals surface area contributed by atoms with Crippen molar-refractivity contribution in [2.75, 3.05) is 4.90 Å². The normalized spacial score (nSPS) is 10.9. The van der Waals surface area contributed by atoms with Crippen molar-refractivity contribution in [3.8, 4) is 11.3 Å². The van der Waals surface area contributed by atoms with Gasteiger partial charge in [0.05, 0.1) is 12.0 Å². The fourth-order valence-electron chi connectivity index (χ4n) is 3.72. The van der Waals surface area contributed by atoms with Gasteiger partial charge in [-0.15, -0.1) is 0 Å². The van der Waals surface area contributed by atoms with Gasteiger partial charge >= 0.3 is 0 Å². The Kier molecular flexibility index (Phi) is 4.15. The molecule has 5 rings (SSSR count).